The van der Waals surface area contributed by atoms with Crippen molar-refractivity contribution < 1.29 is 8.42 Å². The molecule has 3 rings (SSSR count). The summed E-state index contributed by atoms with van der Waals surface area (Å²) in [7, 11) is -3.16. The summed E-state index contributed by atoms with van der Waals surface area (Å²) in [6.07, 6.45) is 7.23. The van der Waals surface area contributed by atoms with Gasteiger partial charge in [0.05, 0.1) is 11.3 Å². The Morgan fingerprint density at radius 2 is 1.83 bits per heavy atom. The quantitative estimate of drug-likeness (QED) is 0.831. The third kappa shape index (κ3) is 4.05. The average molecular weight is 348 g/mol. The highest BCUT2D eigenvalue weighted by molar-refractivity contribution is 7.89. The lowest BCUT2D eigenvalue weighted by atomic mass is 9.91. The predicted molar refractivity (Wildman–Crippen MR) is 93.1 cm³/mol. The highest BCUT2D eigenvalue weighted by Gasteiger charge is 2.30. The van der Waals surface area contributed by atoms with Gasteiger partial charge in [0, 0.05) is 32.4 Å². The van der Waals surface area contributed by atoms with Crippen LogP contribution < -0.4 is 4.90 Å². The van der Waals surface area contributed by atoms with E-state index < -0.39 is 10.0 Å². The van der Waals surface area contributed by atoms with Crippen molar-refractivity contribution in [2.45, 2.75) is 32.1 Å². The zero-order valence-electron chi connectivity index (χ0n) is 13.9. The molecule has 2 fully saturated rings. The lowest BCUT2D eigenvalue weighted by Crippen LogP contribution is -2.50. The zero-order chi connectivity index (χ0) is 17.0. The number of aromatic nitrogens is 1. The molecule has 0 N–H and O–H groups in total. The molecule has 1 aromatic heterocycles. The van der Waals surface area contributed by atoms with Crippen molar-refractivity contribution >= 4 is 15.8 Å². The molecule has 1 aliphatic heterocycles. The second kappa shape index (κ2) is 7.49. The van der Waals surface area contributed by atoms with Crippen LogP contribution in [0.15, 0.2) is 18.3 Å². The Morgan fingerprint density at radius 1 is 1.12 bits per heavy atom. The minimum Gasteiger partial charge on any atom is -0.354 e. The van der Waals surface area contributed by atoms with Crippen molar-refractivity contribution in [2.24, 2.45) is 5.92 Å². The Bertz CT molecular complexity index is 682. The molecule has 0 radical (unpaired) electrons. The molecule has 0 spiro atoms. The molecule has 0 aromatic carbocycles. The first-order chi connectivity index (χ1) is 11.6. The third-order valence-corrected chi connectivity index (χ3v) is 7.05. The molecular formula is C17H24N4O2S. The molecule has 7 heteroatoms. The maximum absolute atomic E-state index is 12.6. The highest BCUT2D eigenvalue weighted by atomic mass is 32.2. The lowest BCUT2D eigenvalue weighted by molar-refractivity contribution is 0.355. The molecule has 1 saturated carbocycles. The van der Waals surface area contributed by atoms with E-state index in [4.69, 9.17) is 5.26 Å². The fourth-order valence-electron chi connectivity index (χ4n) is 3.59. The second-order valence-electron chi connectivity index (χ2n) is 6.69. The fourth-order valence-corrected chi connectivity index (χ4v) is 5.45. The van der Waals surface area contributed by atoms with Gasteiger partial charge in [0.1, 0.15) is 11.9 Å². The van der Waals surface area contributed by atoms with Crippen LogP contribution in [-0.2, 0) is 10.0 Å². The van der Waals surface area contributed by atoms with Crippen molar-refractivity contribution in [2.75, 3.05) is 36.8 Å². The van der Waals surface area contributed by atoms with E-state index in [1.165, 1.54) is 19.3 Å². The van der Waals surface area contributed by atoms with Crippen molar-refractivity contribution in [3.8, 4) is 6.07 Å². The van der Waals surface area contributed by atoms with E-state index in [1.807, 2.05) is 6.07 Å². The van der Waals surface area contributed by atoms with E-state index in [1.54, 1.807) is 16.6 Å². The van der Waals surface area contributed by atoms with Crippen molar-refractivity contribution in [3.05, 3.63) is 23.9 Å². The lowest BCUT2D eigenvalue weighted by Gasteiger charge is -2.35. The van der Waals surface area contributed by atoms with Crippen molar-refractivity contribution in [1.82, 2.24) is 9.29 Å². The topological polar surface area (TPSA) is 77.3 Å². The Kier molecular flexibility index (Phi) is 5.36. The van der Waals surface area contributed by atoms with E-state index >= 15 is 0 Å². The summed E-state index contributed by atoms with van der Waals surface area (Å²) in [6, 6.07) is 5.62. The first kappa shape index (κ1) is 17.2. The van der Waals surface area contributed by atoms with E-state index in [9.17, 15) is 8.42 Å². The number of nitrogens with zero attached hydrogens (tertiary/aromatic N) is 4. The summed E-state index contributed by atoms with van der Waals surface area (Å²) in [5, 5.41) is 8.82. The average Bonchev–Trinajstić information content (AvgIpc) is 2.62. The standard InChI is InChI=1S/C17H24N4O2S/c18-12-16-6-7-17(19-13-16)20-8-10-21(11-9-20)24(22,23)14-15-4-2-1-3-5-15/h6-7,13,15H,1-5,8-11,14H2. The SMILES string of the molecule is N#Cc1ccc(N2CCN(S(=O)(=O)CC3CCCCC3)CC2)nc1. The van der Waals surface area contributed by atoms with E-state index in [2.05, 4.69) is 16.0 Å². The van der Waals surface area contributed by atoms with Gasteiger partial charge in [-0.1, -0.05) is 19.3 Å². The fraction of sp³-hybridized carbons (Fsp3) is 0.647. The van der Waals surface area contributed by atoms with Crippen molar-refractivity contribution in [1.29, 1.82) is 5.26 Å². The van der Waals surface area contributed by atoms with Crippen LogP contribution in [0.4, 0.5) is 5.82 Å². The zero-order valence-corrected chi connectivity index (χ0v) is 14.7. The van der Waals surface area contributed by atoms with Gasteiger partial charge in [0.15, 0.2) is 0 Å². The van der Waals surface area contributed by atoms with Gasteiger partial charge in [-0.2, -0.15) is 9.57 Å². The first-order valence-electron chi connectivity index (χ1n) is 8.67. The first-order valence-corrected chi connectivity index (χ1v) is 10.3. The van der Waals surface area contributed by atoms with Crippen LogP contribution in [0.1, 0.15) is 37.7 Å². The summed E-state index contributed by atoms with van der Waals surface area (Å²) in [5.74, 6) is 1.45. The van der Waals surface area contributed by atoms with Crippen molar-refractivity contribution in [3.63, 3.8) is 0 Å². The van der Waals surface area contributed by atoms with E-state index in [0.29, 0.717) is 43.4 Å². The molecule has 130 valence electrons. The van der Waals surface area contributed by atoms with E-state index in [0.717, 1.165) is 18.7 Å². The molecule has 6 nitrogen and oxygen atoms in total. The molecule has 24 heavy (non-hydrogen) atoms. The van der Waals surface area contributed by atoms with Crippen LogP contribution in [0.5, 0.6) is 0 Å². The minimum absolute atomic E-state index is 0.308. The largest absolute Gasteiger partial charge is 0.354 e. The van der Waals surface area contributed by atoms with Gasteiger partial charge in [0.25, 0.3) is 0 Å². The number of hydrogen-bond donors (Lipinski definition) is 0. The molecule has 0 bridgehead atoms. The molecule has 0 unspecified atom stereocenters. The molecular weight excluding hydrogens is 324 g/mol. The normalized spacial score (nSPS) is 20.7. The summed E-state index contributed by atoms with van der Waals surface area (Å²) < 4.78 is 26.9. The molecule has 0 atom stereocenters. The van der Waals surface area contributed by atoms with Gasteiger partial charge < -0.3 is 4.90 Å². The van der Waals surface area contributed by atoms with Gasteiger partial charge in [-0.15, -0.1) is 0 Å². The summed E-state index contributed by atoms with van der Waals surface area (Å²) >= 11 is 0. The number of sulfonamides is 1. The molecule has 1 saturated heterocycles. The molecule has 0 amide bonds. The maximum atomic E-state index is 12.6. The number of nitriles is 1. The summed E-state index contributed by atoms with van der Waals surface area (Å²) in [5.41, 5.74) is 0.535. The highest BCUT2D eigenvalue weighted by Crippen LogP contribution is 2.26. The van der Waals surface area contributed by atoms with Crippen LogP contribution in [-0.4, -0.2) is 49.6 Å². The summed E-state index contributed by atoms with van der Waals surface area (Å²) in [6.45, 7) is 2.30. The van der Waals surface area contributed by atoms with Gasteiger partial charge in [-0.25, -0.2) is 13.4 Å². The second-order valence-corrected chi connectivity index (χ2v) is 8.70. The number of hydrogen-bond acceptors (Lipinski definition) is 5. The Balaban J connectivity index is 1.56. The molecule has 2 heterocycles. The van der Waals surface area contributed by atoms with Crippen LogP contribution in [0.25, 0.3) is 0 Å². The number of pyridine rings is 1. The smallest absolute Gasteiger partial charge is 0.214 e. The van der Waals surface area contributed by atoms with Gasteiger partial charge in [-0.05, 0) is 30.9 Å². The maximum Gasteiger partial charge on any atom is 0.214 e. The van der Waals surface area contributed by atoms with Crippen LogP contribution in [0.2, 0.25) is 0 Å². The van der Waals surface area contributed by atoms with Gasteiger partial charge in [-0.3, -0.25) is 0 Å². The number of rotatable bonds is 4. The Hall–Kier alpha value is -1.65. The van der Waals surface area contributed by atoms with Crippen LogP contribution >= 0.6 is 0 Å². The molecule has 2 aliphatic rings. The molecule has 1 aromatic rings. The minimum atomic E-state index is -3.16. The predicted octanol–water partition coefficient (Wildman–Crippen LogP) is 1.99. The third-order valence-electron chi connectivity index (χ3n) is 5.00. The van der Waals surface area contributed by atoms with E-state index in [-0.39, 0.29) is 0 Å². The number of anilines is 1. The van der Waals surface area contributed by atoms with Crippen LogP contribution in [0.3, 0.4) is 0 Å². The van der Waals surface area contributed by atoms with Crippen LogP contribution in [0, 0.1) is 17.2 Å². The number of piperazine rings is 1. The van der Waals surface area contributed by atoms with Gasteiger partial charge in [0.2, 0.25) is 10.0 Å². The monoisotopic (exact) mass is 348 g/mol. The molecule has 1 aliphatic carbocycles. The Morgan fingerprint density at radius 3 is 2.42 bits per heavy atom. The Labute approximate surface area is 144 Å². The summed E-state index contributed by atoms with van der Waals surface area (Å²) in [4.78, 5) is 6.37. The van der Waals surface area contributed by atoms with Gasteiger partial charge >= 0.3 is 0 Å².